The molecule has 62 heavy (non-hydrogen) atoms. The fourth-order valence-corrected chi connectivity index (χ4v) is 7.41. The Bertz CT molecular complexity index is 2100. The van der Waals surface area contributed by atoms with Crippen LogP contribution in [0.2, 0.25) is 5.02 Å². The van der Waals surface area contributed by atoms with Crippen molar-refractivity contribution >= 4 is 41.1 Å². The molecule has 7 atom stereocenters. The number of aromatic nitrogens is 3. The zero-order valence-corrected chi connectivity index (χ0v) is 37.9. The highest BCUT2D eigenvalue weighted by molar-refractivity contribution is 6.32. The number of benzene rings is 2. The van der Waals surface area contributed by atoms with Gasteiger partial charge in [0, 0.05) is 31.2 Å². The first-order valence-electron chi connectivity index (χ1n) is 21.1. The van der Waals surface area contributed by atoms with Gasteiger partial charge in [-0.15, -0.1) is 5.10 Å². The molecule has 3 aromatic rings. The van der Waals surface area contributed by atoms with Gasteiger partial charge in [-0.1, -0.05) is 80.9 Å². The molecule has 0 radical (unpaired) electrons. The van der Waals surface area contributed by atoms with Crippen LogP contribution in [-0.2, 0) is 57.8 Å². The molecule has 336 valence electrons. The number of epoxide rings is 1. The number of amides is 3. The van der Waals surface area contributed by atoms with E-state index in [-0.39, 0.29) is 48.8 Å². The fourth-order valence-electron chi connectivity index (χ4n) is 7.13. The van der Waals surface area contributed by atoms with Crippen LogP contribution in [0, 0.1) is 16.7 Å². The number of carbonyl (C=O) groups is 5. The molecule has 3 N–H and O–H groups in total. The molecule has 1 fully saturated rings. The van der Waals surface area contributed by atoms with E-state index in [1.807, 2.05) is 58.2 Å². The third-order valence-electron chi connectivity index (χ3n) is 11.3. The van der Waals surface area contributed by atoms with Gasteiger partial charge in [0.2, 0.25) is 17.7 Å². The third-order valence-corrected chi connectivity index (χ3v) is 11.6. The lowest BCUT2D eigenvalue weighted by Gasteiger charge is -2.35. The van der Waals surface area contributed by atoms with Crippen molar-refractivity contribution in [2.75, 3.05) is 13.7 Å². The number of nitrogens with one attached hydrogen (secondary N) is 3. The van der Waals surface area contributed by atoms with Crippen LogP contribution in [0.5, 0.6) is 5.75 Å². The molecule has 0 unspecified atom stereocenters. The van der Waals surface area contributed by atoms with Crippen LogP contribution in [0.15, 0.2) is 60.8 Å². The van der Waals surface area contributed by atoms with Gasteiger partial charge in [-0.05, 0) is 74.4 Å². The largest absolute Gasteiger partial charge is 0.495 e. The molecule has 1 aromatic heterocycles. The molecule has 3 heterocycles. The van der Waals surface area contributed by atoms with Gasteiger partial charge >= 0.3 is 5.97 Å². The van der Waals surface area contributed by atoms with Gasteiger partial charge < -0.3 is 34.9 Å². The normalized spacial score (nSPS) is 24.5. The van der Waals surface area contributed by atoms with Gasteiger partial charge in [0.1, 0.15) is 41.5 Å². The Kier molecular flexibility index (Phi) is 16.1. The predicted octanol–water partition coefficient (Wildman–Crippen LogP) is 5.61. The molecule has 3 amide bonds. The molecular weight excluding hydrogens is 816 g/mol. The topological polar surface area (TPSA) is 192 Å². The van der Waals surface area contributed by atoms with Crippen molar-refractivity contribution in [3.8, 4) is 5.75 Å². The summed E-state index contributed by atoms with van der Waals surface area (Å²) in [5, 5.41) is 17.4. The van der Waals surface area contributed by atoms with E-state index < -0.39 is 53.3 Å². The number of carbonyl (C=O) groups excluding carboxylic acids is 5. The first-order valence-corrected chi connectivity index (χ1v) is 21.4. The van der Waals surface area contributed by atoms with Crippen LogP contribution in [0.1, 0.15) is 103 Å². The average molecular weight is 877 g/mol. The average Bonchev–Trinajstić information content (AvgIpc) is 3.88. The molecule has 0 spiro atoms. The number of ketones is 1. The van der Waals surface area contributed by atoms with Crippen molar-refractivity contribution in [2.24, 2.45) is 16.7 Å². The molecular formula is C46H61ClN6O9. The van der Waals surface area contributed by atoms with E-state index >= 15 is 0 Å². The minimum atomic E-state index is -1.18. The summed E-state index contributed by atoms with van der Waals surface area (Å²) >= 11 is 6.40. The molecule has 0 aliphatic carbocycles. The van der Waals surface area contributed by atoms with E-state index in [4.69, 9.17) is 30.5 Å². The number of rotatable bonds is 14. The molecule has 1 saturated heterocycles. The summed E-state index contributed by atoms with van der Waals surface area (Å²) in [4.78, 5) is 66.6. The van der Waals surface area contributed by atoms with E-state index in [2.05, 4.69) is 26.3 Å². The summed E-state index contributed by atoms with van der Waals surface area (Å²) in [6, 6.07) is 10.4. The first-order chi connectivity index (χ1) is 29.2. The summed E-state index contributed by atoms with van der Waals surface area (Å²) < 4.78 is 25.0. The second-order valence-electron chi connectivity index (χ2n) is 18.1. The molecule has 2 aromatic carbocycles. The molecule has 16 heteroatoms. The van der Waals surface area contributed by atoms with Gasteiger partial charge in [0.25, 0.3) is 0 Å². The number of hydrogen-bond acceptors (Lipinski definition) is 11. The van der Waals surface area contributed by atoms with Crippen molar-refractivity contribution in [1.29, 1.82) is 0 Å². The molecule has 0 saturated carbocycles. The Hall–Kier alpha value is -5.12. The van der Waals surface area contributed by atoms with Gasteiger partial charge in [-0.3, -0.25) is 19.2 Å². The lowest BCUT2D eigenvalue weighted by Crippen LogP contribution is -2.58. The first kappa shape index (κ1) is 47.9. The Labute approximate surface area is 369 Å². The van der Waals surface area contributed by atoms with E-state index in [0.29, 0.717) is 48.0 Å². The van der Waals surface area contributed by atoms with Crippen LogP contribution >= 0.6 is 11.6 Å². The maximum Gasteiger partial charge on any atom is 0.328 e. The van der Waals surface area contributed by atoms with Crippen molar-refractivity contribution in [2.45, 2.75) is 131 Å². The maximum atomic E-state index is 14.1. The van der Waals surface area contributed by atoms with Crippen LogP contribution in [0.3, 0.4) is 0 Å². The lowest BCUT2D eigenvalue weighted by atomic mass is 9.82. The van der Waals surface area contributed by atoms with Gasteiger partial charge in [-0.25, -0.2) is 9.48 Å². The van der Waals surface area contributed by atoms with Crippen molar-refractivity contribution < 1.29 is 42.9 Å². The number of halogens is 1. The number of ether oxygens (including phenoxy) is 4. The molecule has 15 nitrogen and oxygen atoms in total. The number of cyclic esters (lactones) is 1. The fraction of sp³-hybridized carbons (Fsp3) is 0.543. The summed E-state index contributed by atoms with van der Waals surface area (Å²) in [5.74, 6) is -1.82. The minimum Gasteiger partial charge on any atom is -0.495 e. The van der Waals surface area contributed by atoms with Crippen LogP contribution < -0.4 is 20.7 Å². The summed E-state index contributed by atoms with van der Waals surface area (Å²) in [5.41, 5.74) is 1.77. The maximum absolute atomic E-state index is 14.1. The van der Waals surface area contributed by atoms with E-state index in [0.717, 1.165) is 11.1 Å². The molecule has 0 bridgehead atoms. The highest BCUT2D eigenvalue weighted by atomic mass is 35.5. The SMILES string of the molecule is COc1ccc(C[C@H]2NC(=O)/C=C/C[C@@H]([C@H](C)[C@H]3O[C@@H]3c3ccc(Cn4cc(COCCC(C)=O)nn4)cc3)OC(=O)[C@H](CC(C)(C)C)NC(=O)C(C)(C)[C@H](C)NC2=O)cc1Cl. The van der Waals surface area contributed by atoms with Crippen molar-refractivity contribution in [3.63, 3.8) is 0 Å². The highest BCUT2D eigenvalue weighted by Crippen LogP contribution is 2.45. The number of esters is 1. The summed E-state index contributed by atoms with van der Waals surface area (Å²) in [6.45, 7) is 15.6. The number of hydrogen-bond donors (Lipinski definition) is 3. The second-order valence-corrected chi connectivity index (χ2v) is 18.5. The third kappa shape index (κ3) is 13.4. The standard InChI is InChI=1S/C46H61ClN6O9/c1-27(54)19-20-60-26-33-25-53(52-51-33)24-30-13-16-32(17-14-30)41-40(62-41)28(2)37-11-10-12-39(55)49-35(22-31-15-18-38(59-9)34(47)21-31)42(56)48-29(3)46(7,8)44(58)50-36(43(57)61-37)23-45(4,5)6/h10,12-18,21,25,28-29,35-37,40-41H,11,19-20,22-24,26H2,1-9H3,(H,48,56)(H,49,55)(H,50,58)/b12-10+/t28-,29-,35+,36-,37-,40+,41+/m0/s1. The van der Waals surface area contributed by atoms with Gasteiger partial charge in [0.05, 0.1) is 49.6 Å². The number of methoxy groups -OCH3 is 1. The zero-order valence-electron chi connectivity index (χ0n) is 37.2. The summed E-state index contributed by atoms with van der Waals surface area (Å²) in [6.07, 6.45) is 4.41. The summed E-state index contributed by atoms with van der Waals surface area (Å²) in [7, 11) is 1.51. The van der Waals surface area contributed by atoms with Crippen molar-refractivity contribution in [1.82, 2.24) is 30.9 Å². The number of Topliss-reactive ketones (excluding diaryl/α,β-unsaturated/α-hetero) is 1. The highest BCUT2D eigenvalue weighted by Gasteiger charge is 2.48. The van der Waals surface area contributed by atoms with Gasteiger partial charge in [0.15, 0.2) is 0 Å². The predicted molar refractivity (Wildman–Crippen MR) is 232 cm³/mol. The quantitative estimate of drug-likeness (QED) is 0.104. The van der Waals surface area contributed by atoms with E-state index in [1.165, 1.54) is 20.1 Å². The smallest absolute Gasteiger partial charge is 0.328 e. The zero-order chi connectivity index (χ0) is 45.4. The molecule has 2 aliphatic heterocycles. The second kappa shape index (κ2) is 20.8. The van der Waals surface area contributed by atoms with Crippen LogP contribution in [-0.4, -0.2) is 88.5 Å². The van der Waals surface area contributed by atoms with E-state index in [9.17, 15) is 24.0 Å². The molecule has 2 aliphatic rings. The van der Waals surface area contributed by atoms with Gasteiger partial charge in [-0.2, -0.15) is 0 Å². The van der Waals surface area contributed by atoms with Crippen LogP contribution in [0.4, 0.5) is 0 Å². The van der Waals surface area contributed by atoms with Crippen LogP contribution in [0.25, 0.3) is 0 Å². The Morgan fingerprint density at radius 2 is 1.74 bits per heavy atom. The monoisotopic (exact) mass is 876 g/mol. The van der Waals surface area contributed by atoms with E-state index in [1.54, 1.807) is 49.7 Å². The molecule has 5 rings (SSSR count). The lowest BCUT2D eigenvalue weighted by molar-refractivity contribution is -0.157. The Morgan fingerprint density at radius 3 is 2.40 bits per heavy atom. The number of nitrogens with zero attached hydrogens (tertiary/aromatic N) is 3. The Balaban J connectivity index is 1.33. The minimum absolute atomic E-state index is 0.0693. The Morgan fingerprint density at radius 1 is 1.03 bits per heavy atom. The van der Waals surface area contributed by atoms with Crippen molar-refractivity contribution in [3.05, 3.63) is 88.2 Å².